The number of ether oxygens (including phenoxy) is 2. The van der Waals surface area contributed by atoms with Crippen LogP contribution in [0.1, 0.15) is 6.92 Å². The Hall–Kier alpha value is -0.160. The summed E-state index contributed by atoms with van der Waals surface area (Å²) in [6.07, 6.45) is -0.177. The van der Waals surface area contributed by atoms with Gasteiger partial charge in [-0.1, -0.05) is 0 Å². The van der Waals surface area contributed by atoms with Gasteiger partial charge in [-0.15, -0.1) is 0 Å². The maximum absolute atomic E-state index is 5.35. The third-order valence-electron chi connectivity index (χ3n) is 1.49. The molecule has 0 amide bonds. The van der Waals surface area contributed by atoms with E-state index in [2.05, 4.69) is 0 Å². The first-order valence-corrected chi connectivity index (χ1v) is 3.44. The summed E-state index contributed by atoms with van der Waals surface area (Å²) < 4.78 is 10.2. The van der Waals surface area contributed by atoms with Crippen LogP contribution >= 0.6 is 0 Å². The molecule has 0 spiro atoms. The molecule has 1 aliphatic heterocycles. The van der Waals surface area contributed by atoms with Crippen molar-refractivity contribution in [2.75, 3.05) is 13.2 Å². The largest absolute Gasteiger partial charge is 0.373 e. The average molecular weight is 146 g/mol. The van der Waals surface area contributed by atoms with E-state index in [9.17, 15) is 0 Å². The second-order valence-electron chi connectivity index (χ2n) is 2.57. The number of hydrogen-bond acceptors (Lipinski definition) is 4. The zero-order chi connectivity index (χ0) is 7.56. The van der Waals surface area contributed by atoms with Crippen LogP contribution in [0.25, 0.3) is 0 Å². The molecule has 1 aliphatic rings. The predicted octanol–water partition coefficient (Wildman–Crippen LogP) is -0.966. The minimum atomic E-state index is -0.390. The van der Waals surface area contributed by atoms with E-state index in [1.165, 1.54) is 0 Å². The first kappa shape index (κ1) is 7.94. The molecule has 2 atom stereocenters. The molecule has 1 rings (SSSR count). The molecule has 0 radical (unpaired) electrons. The van der Waals surface area contributed by atoms with Crippen molar-refractivity contribution in [2.24, 2.45) is 11.5 Å². The Labute approximate surface area is 60.5 Å². The summed E-state index contributed by atoms with van der Waals surface area (Å²) >= 11 is 0. The molecule has 4 heteroatoms. The lowest BCUT2D eigenvalue weighted by atomic mass is 10.3. The topological polar surface area (TPSA) is 73.8 Å². The van der Waals surface area contributed by atoms with E-state index in [1.54, 1.807) is 0 Å². The van der Waals surface area contributed by atoms with E-state index < -0.39 is 6.17 Å². The fraction of sp³-hybridized carbons (Fsp3) is 1.00. The summed E-state index contributed by atoms with van der Waals surface area (Å²) in [6.45, 7) is 3.28. The van der Waals surface area contributed by atoms with E-state index in [0.717, 1.165) is 6.61 Å². The molecule has 0 aromatic heterocycles. The number of nitrogens with two attached hydrogens (primary N) is 2. The summed E-state index contributed by atoms with van der Waals surface area (Å²) in [6, 6.07) is 0. The summed E-state index contributed by atoms with van der Waals surface area (Å²) in [5, 5.41) is 0. The Kier molecular flexibility index (Phi) is 2.62. The molecule has 4 N–H and O–H groups in total. The standard InChI is InChI=1S/C6H14N2O2/c1-4(6(7)8)9-2-5-3-10-5/h4-6H,2-3,7-8H2,1H3. The van der Waals surface area contributed by atoms with E-state index in [0.29, 0.717) is 12.7 Å². The van der Waals surface area contributed by atoms with Crippen LogP contribution in [0.3, 0.4) is 0 Å². The molecule has 10 heavy (non-hydrogen) atoms. The van der Waals surface area contributed by atoms with Crippen LogP contribution in [0, 0.1) is 0 Å². The number of epoxide rings is 1. The van der Waals surface area contributed by atoms with Gasteiger partial charge in [-0.3, -0.25) is 0 Å². The van der Waals surface area contributed by atoms with Crippen molar-refractivity contribution in [3.63, 3.8) is 0 Å². The highest BCUT2D eigenvalue weighted by Crippen LogP contribution is 2.09. The molecule has 60 valence electrons. The van der Waals surface area contributed by atoms with Crippen molar-refractivity contribution in [1.82, 2.24) is 0 Å². The molecular formula is C6H14N2O2. The lowest BCUT2D eigenvalue weighted by Gasteiger charge is -2.15. The number of rotatable bonds is 4. The normalized spacial score (nSPS) is 27.0. The zero-order valence-corrected chi connectivity index (χ0v) is 6.12. The van der Waals surface area contributed by atoms with Gasteiger partial charge in [0.15, 0.2) is 0 Å². The van der Waals surface area contributed by atoms with Crippen LogP contribution in [0.4, 0.5) is 0 Å². The molecular weight excluding hydrogens is 132 g/mol. The molecule has 2 unspecified atom stereocenters. The Morgan fingerprint density at radius 2 is 2.30 bits per heavy atom. The van der Waals surface area contributed by atoms with E-state index in [4.69, 9.17) is 20.9 Å². The molecule has 0 aromatic rings. The van der Waals surface area contributed by atoms with Crippen molar-refractivity contribution in [3.8, 4) is 0 Å². The Morgan fingerprint density at radius 3 is 2.70 bits per heavy atom. The summed E-state index contributed by atoms with van der Waals surface area (Å²) in [5.41, 5.74) is 10.7. The highest BCUT2D eigenvalue weighted by molar-refractivity contribution is 4.69. The van der Waals surface area contributed by atoms with Gasteiger partial charge in [0.25, 0.3) is 0 Å². The lowest BCUT2D eigenvalue weighted by molar-refractivity contribution is 0.0395. The van der Waals surface area contributed by atoms with Gasteiger partial charge in [0.2, 0.25) is 0 Å². The van der Waals surface area contributed by atoms with Gasteiger partial charge < -0.3 is 20.9 Å². The van der Waals surface area contributed by atoms with Crippen LogP contribution in [-0.2, 0) is 9.47 Å². The van der Waals surface area contributed by atoms with Gasteiger partial charge in [-0.2, -0.15) is 0 Å². The van der Waals surface area contributed by atoms with E-state index in [1.807, 2.05) is 6.92 Å². The third-order valence-corrected chi connectivity index (χ3v) is 1.49. The van der Waals surface area contributed by atoms with Crippen molar-refractivity contribution >= 4 is 0 Å². The minimum absolute atomic E-state index is 0.0794. The highest BCUT2D eigenvalue weighted by Gasteiger charge is 2.23. The van der Waals surface area contributed by atoms with Crippen molar-refractivity contribution < 1.29 is 9.47 Å². The van der Waals surface area contributed by atoms with Crippen molar-refractivity contribution in [3.05, 3.63) is 0 Å². The SMILES string of the molecule is CC(OCC1CO1)C(N)N. The second-order valence-corrected chi connectivity index (χ2v) is 2.57. The summed E-state index contributed by atoms with van der Waals surface area (Å²) in [7, 11) is 0. The van der Waals surface area contributed by atoms with Gasteiger partial charge in [-0.25, -0.2) is 0 Å². The molecule has 0 aliphatic carbocycles. The van der Waals surface area contributed by atoms with Crippen molar-refractivity contribution in [1.29, 1.82) is 0 Å². The number of hydrogen-bond donors (Lipinski definition) is 2. The molecule has 4 nitrogen and oxygen atoms in total. The molecule has 0 bridgehead atoms. The molecule has 0 saturated carbocycles. The van der Waals surface area contributed by atoms with Crippen LogP contribution < -0.4 is 11.5 Å². The fourth-order valence-electron chi connectivity index (χ4n) is 0.534. The monoisotopic (exact) mass is 146 g/mol. The fourth-order valence-corrected chi connectivity index (χ4v) is 0.534. The third kappa shape index (κ3) is 2.62. The Bertz CT molecular complexity index is 104. The Balaban J connectivity index is 1.99. The molecule has 1 saturated heterocycles. The van der Waals surface area contributed by atoms with Crippen LogP contribution in [0.5, 0.6) is 0 Å². The summed E-state index contributed by atoms with van der Waals surface area (Å²) in [4.78, 5) is 0. The summed E-state index contributed by atoms with van der Waals surface area (Å²) in [5.74, 6) is 0. The van der Waals surface area contributed by atoms with Crippen molar-refractivity contribution in [2.45, 2.75) is 25.3 Å². The van der Waals surface area contributed by atoms with Gasteiger partial charge >= 0.3 is 0 Å². The molecule has 1 heterocycles. The average Bonchev–Trinajstić information content (AvgIpc) is 2.64. The van der Waals surface area contributed by atoms with Crippen LogP contribution in [0.15, 0.2) is 0 Å². The van der Waals surface area contributed by atoms with E-state index >= 15 is 0 Å². The predicted molar refractivity (Wildman–Crippen MR) is 37.3 cm³/mol. The quantitative estimate of drug-likeness (QED) is 0.395. The van der Waals surface area contributed by atoms with Crippen LogP contribution in [0.2, 0.25) is 0 Å². The first-order valence-electron chi connectivity index (χ1n) is 3.44. The zero-order valence-electron chi connectivity index (χ0n) is 6.12. The van der Waals surface area contributed by atoms with E-state index in [-0.39, 0.29) is 6.10 Å². The maximum atomic E-state index is 5.35. The smallest absolute Gasteiger partial charge is 0.104 e. The minimum Gasteiger partial charge on any atom is -0.373 e. The Morgan fingerprint density at radius 1 is 1.70 bits per heavy atom. The van der Waals surface area contributed by atoms with Gasteiger partial charge in [-0.05, 0) is 6.92 Å². The van der Waals surface area contributed by atoms with Gasteiger partial charge in [0.1, 0.15) is 6.10 Å². The van der Waals surface area contributed by atoms with Gasteiger partial charge in [0, 0.05) is 0 Å². The molecule has 0 aromatic carbocycles. The first-order chi connectivity index (χ1) is 4.70. The molecule has 1 fully saturated rings. The highest BCUT2D eigenvalue weighted by atomic mass is 16.6. The maximum Gasteiger partial charge on any atom is 0.104 e. The second kappa shape index (κ2) is 3.30. The lowest BCUT2D eigenvalue weighted by Crippen LogP contribution is -2.42. The van der Waals surface area contributed by atoms with Gasteiger partial charge in [0.05, 0.1) is 25.5 Å². The van der Waals surface area contributed by atoms with Crippen LogP contribution in [-0.4, -0.2) is 31.6 Å².